The van der Waals surface area contributed by atoms with E-state index in [4.69, 9.17) is 15.2 Å². The third-order valence-corrected chi connectivity index (χ3v) is 6.58. The molecule has 184 valence electrons. The summed E-state index contributed by atoms with van der Waals surface area (Å²) in [5.41, 5.74) is 9.81. The summed E-state index contributed by atoms with van der Waals surface area (Å²) < 4.78 is 22.1. The SMILES string of the molecule is Nc1ncnc2c1c(-c1cccc3[nH]ncc13)nn2Cc1oc2ccccc2c(=O)c1-c1cccc(F)c1. The van der Waals surface area contributed by atoms with Gasteiger partial charge in [-0.25, -0.2) is 19.0 Å². The zero-order chi connectivity index (χ0) is 25.8. The zero-order valence-electron chi connectivity index (χ0n) is 19.7. The number of halogens is 1. The first kappa shape index (κ1) is 21.9. The first-order valence-electron chi connectivity index (χ1n) is 11.8. The number of rotatable bonds is 4. The van der Waals surface area contributed by atoms with Crippen molar-refractivity contribution in [1.29, 1.82) is 0 Å². The second-order valence-electron chi connectivity index (χ2n) is 8.84. The fourth-order valence-corrected chi connectivity index (χ4v) is 4.88. The Morgan fingerprint density at radius 2 is 1.87 bits per heavy atom. The molecule has 38 heavy (non-hydrogen) atoms. The monoisotopic (exact) mass is 503 g/mol. The lowest BCUT2D eigenvalue weighted by molar-refractivity contribution is 0.506. The van der Waals surface area contributed by atoms with Crippen LogP contribution in [-0.4, -0.2) is 29.9 Å². The molecule has 0 atom stereocenters. The molecule has 4 aromatic heterocycles. The van der Waals surface area contributed by atoms with Crippen molar-refractivity contribution in [3.8, 4) is 22.4 Å². The molecule has 3 aromatic carbocycles. The number of nitrogen functional groups attached to an aromatic ring is 1. The van der Waals surface area contributed by atoms with E-state index >= 15 is 0 Å². The van der Waals surface area contributed by atoms with E-state index in [0.29, 0.717) is 39.0 Å². The number of nitrogens with zero attached hydrogens (tertiary/aromatic N) is 5. The van der Waals surface area contributed by atoms with Crippen LogP contribution in [0.4, 0.5) is 10.2 Å². The van der Waals surface area contributed by atoms with Crippen molar-refractivity contribution in [3.63, 3.8) is 0 Å². The number of nitrogens with one attached hydrogen (secondary N) is 1. The number of anilines is 1. The zero-order valence-corrected chi connectivity index (χ0v) is 19.7. The van der Waals surface area contributed by atoms with Gasteiger partial charge >= 0.3 is 0 Å². The number of hydrogen-bond donors (Lipinski definition) is 2. The van der Waals surface area contributed by atoms with Crippen molar-refractivity contribution in [2.75, 3.05) is 5.73 Å². The Hall–Kier alpha value is -5.38. The Bertz CT molecular complexity index is 2080. The Labute approximate surface area is 213 Å². The summed E-state index contributed by atoms with van der Waals surface area (Å²) in [6.07, 6.45) is 3.09. The summed E-state index contributed by atoms with van der Waals surface area (Å²) in [7, 11) is 0. The van der Waals surface area contributed by atoms with Gasteiger partial charge in [-0.2, -0.15) is 10.2 Å². The van der Waals surface area contributed by atoms with Gasteiger partial charge in [0, 0.05) is 10.9 Å². The number of benzene rings is 3. The van der Waals surface area contributed by atoms with Crippen molar-refractivity contribution in [3.05, 3.63) is 101 Å². The van der Waals surface area contributed by atoms with Crippen molar-refractivity contribution >= 4 is 38.7 Å². The Morgan fingerprint density at radius 1 is 1.00 bits per heavy atom. The Balaban J connectivity index is 1.49. The van der Waals surface area contributed by atoms with Crippen LogP contribution < -0.4 is 11.2 Å². The van der Waals surface area contributed by atoms with Crippen LogP contribution in [0.5, 0.6) is 0 Å². The quantitative estimate of drug-likeness (QED) is 0.349. The molecule has 3 N–H and O–H groups in total. The predicted octanol–water partition coefficient (Wildman–Crippen LogP) is 4.91. The molecule has 7 aromatic rings. The summed E-state index contributed by atoms with van der Waals surface area (Å²) in [6, 6.07) is 18.6. The average molecular weight is 503 g/mol. The maximum absolute atomic E-state index is 14.2. The lowest BCUT2D eigenvalue weighted by atomic mass is 10.0. The number of nitrogens with two attached hydrogens (primary N) is 1. The highest BCUT2D eigenvalue weighted by atomic mass is 19.1. The van der Waals surface area contributed by atoms with E-state index < -0.39 is 5.82 Å². The van der Waals surface area contributed by atoms with Gasteiger partial charge < -0.3 is 10.2 Å². The second kappa shape index (κ2) is 8.34. The van der Waals surface area contributed by atoms with Gasteiger partial charge in [0.2, 0.25) is 5.43 Å². The molecule has 0 unspecified atom stereocenters. The molecule has 0 saturated heterocycles. The number of fused-ring (bicyclic) bond motifs is 3. The molecule has 0 fully saturated rings. The maximum Gasteiger partial charge on any atom is 0.200 e. The summed E-state index contributed by atoms with van der Waals surface area (Å²) in [5, 5.41) is 13.8. The minimum atomic E-state index is -0.457. The van der Waals surface area contributed by atoms with Gasteiger partial charge in [0.25, 0.3) is 0 Å². The van der Waals surface area contributed by atoms with Crippen LogP contribution in [0.3, 0.4) is 0 Å². The van der Waals surface area contributed by atoms with Crippen LogP contribution in [-0.2, 0) is 6.54 Å². The molecule has 9 nitrogen and oxygen atoms in total. The van der Waals surface area contributed by atoms with Gasteiger partial charge in [-0.05, 0) is 35.9 Å². The van der Waals surface area contributed by atoms with Gasteiger partial charge in [-0.1, -0.05) is 36.4 Å². The molecule has 0 radical (unpaired) electrons. The van der Waals surface area contributed by atoms with Crippen molar-refractivity contribution < 1.29 is 8.81 Å². The van der Waals surface area contributed by atoms with Crippen LogP contribution >= 0.6 is 0 Å². The minimum absolute atomic E-state index is 0.0419. The summed E-state index contributed by atoms with van der Waals surface area (Å²) in [5.74, 6) is 0.123. The van der Waals surface area contributed by atoms with Crippen LogP contribution in [0.1, 0.15) is 5.76 Å². The van der Waals surface area contributed by atoms with Crippen molar-refractivity contribution in [2.24, 2.45) is 0 Å². The molecule has 10 heteroatoms. The van der Waals surface area contributed by atoms with E-state index in [2.05, 4.69) is 20.2 Å². The van der Waals surface area contributed by atoms with Crippen molar-refractivity contribution in [1.82, 2.24) is 29.9 Å². The molecule has 0 saturated carbocycles. The number of hydrogen-bond acceptors (Lipinski definition) is 7. The fraction of sp³-hybridized carbons (Fsp3) is 0.0357. The molecule has 0 aliphatic heterocycles. The highest BCUT2D eigenvalue weighted by Crippen LogP contribution is 2.35. The average Bonchev–Trinajstić information content (AvgIpc) is 3.55. The molecule has 0 bridgehead atoms. The normalized spacial score (nSPS) is 11.6. The molecule has 0 spiro atoms. The van der Waals surface area contributed by atoms with E-state index in [1.165, 1.54) is 18.5 Å². The Kier molecular flexibility index (Phi) is 4.80. The molecular formula is C28H18FN7O2. The third-order valence-electron chi connectivity index (χ3n) is 6.58. The highest BCUT2D eigenvalue weighted by molar-refractivity contribution is 6.05. The lowest BCUT2D eigenvalue weighted by Crippen LogP contribution is -2.13. The van der Waals surface area contributed by atoms with Crippen molar-refractivity contribution in [2.45, 2.75) is 6.54 Å². The number of para-hydroxylation sites is 1. The third kappa shape index (κ3) is 3.34. The largest absolute Gasteiger partial charge is 0.458 e. The molecule has 0 amide bonds. The van der Waals surface area contributed by atoms with E-state index in [9.17, 15) is 9.18 Å². The number of H-pyrrole nitrogens is 1. The van der Waals surface area contributed by atoms with Gasteiger partial charge in [0.15, 0.2) is 5.65 Å². The topological polar surface area (TPSA) is 129 Å². The fourth-order valence-electron chi connectivity index (χ4n) is 4.88. The highest BCUT2D eigenvalue weighted by Gasteiger charge is 2.23. The van der Waals surface area contributed by atoms with Crippen LogP contribution in [0.2, 0.25) is 0 Å². The van der Waals surface area contributed by atoms with Gasteiger partial charge in [-0.15, -0.1) is 0 Å². The van der Waals surface area contributed by atoms with E-state index in [-0.39, 0.29) is 23.4 Å². The molecule has 7 rings (SSSR count). The number of aromatic nitrogens is 6. The first-order chi connectivity index (χ1) is 18.6. The predicted molar refractivity (Wildman–Crippen MR) is 142 cm³/mol. The minimum Gasteiger partial charge on any atom is -0.458 e. The maximum atomic E-state index is 14.2. The molecule has 0 aliphatic rings. The standard InChI is InChI=1S/C28H18FN7O2/c29-16-6-3-5-15(11-16)23-22(38-21-10-2-1-7-18(21)26(23)37)13-36-28-24(27(30)31-14-32-28)25(35-36)17-8-4-9-20-19(17)12-33-34-20/h1-12,14H,13H2,(H,33,34)(H2,30,31,32). The van der Waals surface area contributed by atoms with Crippen LogP contribution in [0.15, 0.2) is 88.5 Å². The van der Waals surface area contributed by atoms with Gasteiger partial charge in [0.05, 0.1) is 28.0 Å². The molecular weight excluding hydrogens is 485 g/mol. The van der Waals surface area contributed by atoms with Gasteiger partial charge in [0.1, 0.15) is 41.5 Å². The molecule has 0 aliphatic carbocycles. The lowest BCUT2D eigenvalue weighted by Gasteiger charge is -2.11. The van der Waals surface area contributed by atoms with Gasteiger partial charge in [-0.3, -0.25) is 9.89 Å². The van der Waals surface area contributed by atoms with E-state index in [1.54, 1.807) is 47.3 Å². The Morgan fingerprint density at radius 3 is 2.76 bits per heavy atom. The summed E-state index contributed by atoms with van der Waals surface area (Å²) in [4.78, 5) is 22.3. The van der Waals surface area contributed by atoms with Crippen LogP contribution in [0, 0.1) is 5.82 Å². The first-order valence-corrected chi connectivity index (χ1v) is 11.8. The summed E-state index contributed by atoms with van der Waals surface area (Å²) >= 11 is 0. The second-order valence-corrected chi connectivity index (χ2v) is 8.84. The van der Waals surface area contributed by atoms with E-state index in [0.717, 1.165) is 16.5 Å². The summed E-state index contributed by atoms with van der Waals surface area (Å²) in [6.45, 7) is 0.0419. The van der Waals surface area contributed by atoms with Crippen LogP contribution in [0.25, 0.3) is 55.3 Å². The number of aromatic amines is 1. The van der Waals surface area contributed by atoms with E-state index in [1.807, 2.05) is 18.2 Å². The smallest absolute Gasteiger partial charge is 0.200 e. The molecule has 4 heterocycles.